The molecular weight excluding hydrogens is 263 g/mol. The van der Waals surface area contributed by atoms with Crippen LogP contribution in [0.3, 0.4) is 0 Å². The Balaban J connectivity index is 2.19. The third kappa shape index (κ3) is 2.25. The summed E-state index contributed by atoms with van der Waals surface area (Å²) in [4.78, 5) is 11.5. The van der Waals surface area contributed by atoms with Gasteiger partial charge in [-0.05, 0) is 31.4 Å². The van der Waals surface area contributed by atoms with Crippen LogP contribution in [0, 0.1) is 5.82 Å². The molecule has 1 aliphatic rings. The molecule has 1 aromatic rings. The van der Waals surface area contributed by atoms with E-state index in [0.29, 0.717) is 12.5 Å². The lowest BCUT2D eigenvalue weighted by molar-refractivity contribution is -0.212. The third-order valence-corrected chi connectivity index (χ3v) is 3.26. The average molecular weight is 275 g/mol. The van der Waals surface area contributed by atoms with Crippen molar-refractivity contribution in [2.24, 2.45) is 0 Å². The first-order valence-electron chi connectivity index (χ1n) is 5.66. The highest BCUT2D eigenvalue weighted by atomic mass is 19.3. The van der Waals surface area contributed by atoms with E-state index in [1.54, 1.807) is 5.32 Å². The lowest BCUT2D eigenvalue weighted by atomic mass is 9.75. The zero-order valence-electron chi connectivity index (χ0n) is 9.79. The molecule has 0 unspecified atom stereocenters. The average Bonchev–Trinajstić information content (AvgIpc) is 2.30. The Kier molecular flexibility index (Phi) is 3.17. The number of rotatable bonds is 3. The molecule has 0 saturated heterocycles. The minimum atomic E-state index is -4.00. The van der Waals surface area contributed by atoms with Crippen molar-refractivity contribution < 1.29 is 28.2 Å². The van der Waals surface area contributed by atoms with Gasteiger partial charge in [-0.15, -0.1) is 0 Å². The van der Waals surface area contributed by atoms with Gasteiger partial charge in [0.2, 0.25) is 0 Å². The highest BCUT2D eigenvalue weighted by Gasteiger charge is 2.61. The Morgan fingerprint density at radius 2 is 2.00 bits per heavy atom. The van der Waals surface area contributed by atoms with Crippen LogP contribution >= 0.6 is 0 Å². The monoisotopic (exact) mass is 275 g/mol. The molecule has 3 N–H and O–H groups in total. The first-order valence-corrected chi connectivity index (χ1v) is 5.66. The number of anilines is 1. The van der Waals surface area contributed by atoms with Crippen molar-refractivity contribution >= 4 is 11.6 Å². The van der Waals surface area contributed by atoms with Gasteiger partial charge in [0.05, 0.1) is 5.69 Å². The molecule has 1 amide bonds. The molecule has 19 heavy (non-hydrogen) atoms. The number of phenols is 1. The van der Waals surface area contributed by atoms with Gasteiger partial charge in [0, 0.05) is 6.07 Å². The SMILES string of the molecule is O=C(Nc1cc(F)ccc1O)C(F)(F)C1(O)CCC1. The quantitative estimate of drug-likeness (QED) is 0.739. The smallest absolute Gasteiger partial charge is 0.352 e. The molecule has 1 fully saturated rings. The second kappa shape index (κ2) is 4.41. The topological polar surface area (TPSA) is 69.6 Å². The van der Waals surface area contributed by atoms with Gasteiger partial charge in [-0.3, -0.25) is 4.79 Å². The van der Waals surface area contributed by atoms with Crippen molar-refractivity contribution in [2.75, 3.05) is 5.32 Å². The predicted octanol–water partition coefficient (Wildman–Crippen LogP) is 2.02. The molecule has 0 heterocycles. The molecular formula is C12H12F3NO3. The van der Waals surface area contributed by atoms with Crippen molar-refractivity contribution in [3.8, 4) is 5.75 Å². The Labute approximate surface area is 106 Å². The number of alkyl halides is 2. The van der Waals surface area contributed by atoms with Crippen LogP contribution in [0.4, 0.5) is 18.9 Å². The molecule has 0 aliphatic heterocycles. The number of carbonyl (C=O) groups excluding carboxylic acids is 1. The fraction of sp³-hybridized carbons (Fsp3) is 0.417. The number of halogens is 3. The van der Waals surface area contributed by atoms with Crippen LogP contribution < -0.4 is 5.32 Å². The van der Waals surface area contributed by atoms with Gasteiger partial charge < -0.3 is 15.5 Å². The summed E-state index contributed by atoms with van der Waals surface area (Å²) < 4.78 is 40.4. The first kappa shape index (κ1) is 13.7. The Hall–Kier alpha value is -1.76. The maximum absolute atomic E-state index is 13.7. The molecule has 0 spiro atoms. The van der Waals surface area contributed by atoms with E-state index in [9.17, 15) is 28.2 Å². The maximum Gasteiger partial charge on any atom is 0.352 e. The third-order valence-electron chi connectivity index (χ3n) is 3.26. The maximum atomic E-state index is 13.7. The number of aromatic hydroxyl groups is 1. The van der Waals surface area contributed by atoms with E-state index >= 15 is 0 Å². The minimum Gasteiger partial charge on any atom is -0.506 e. The summed E-state index contributed by atoms with van der Waals surface area (Å²) >= 11 is 0. The molecule has 0 bridgehead atoms. The van der Waals surface area contributed by atoms with E-state index in [1.807, 2.05) is 0 Å². The lowest BCUT2D eigenvalue weighted by Crippen LogP contribution is -2.59. The minimum absolute atomic E-state index is 0.178. The van der Waals surface area contributed by atoms with E-state index in [4.69, 9.17) is 0 Å². The molecule has 0 aromatic heterocycles. The summed E-state index contributed by atoms with van der Waals surface area (Å²) in [6.45, 7) is 0. The van der Waals surface area contributed by atoms with Crippen LogP contribution in [-0.2, 0) is 4.79 Å². The molecule has 1 saturated carbocycles. The summed E-state index contributed by atoms with van der Waals surface area (Å²) in [7, 11) is 0. The second-order valence-electron chi connectivity index (χ2n) is 4.58. The van der Waals surface area contributed by atoms with Gasteiger partial charge in [0.25, 0.3) is 5.91 Å². The zero-order valence-corrected chi connectivity index (χ0v) is 9.79. The van der Waals surface area contributed by atoms with Gasteiger partial charge in [0.15, 0.2) is 0 Å². The Morgan fingerprint density at radius 1 is 1.37 bits per heavy atom. The van der Waals surface area contributed by atoms with E-state index in [1.165, 1.54) is 0 Å². The number of hydrogen-bond acceptors (Lipinski definition) is 3. The Bertz CT molecular complexity index is 515. The first-order chi connectivity index (χ1) is 8.76. The van der Waals surface area contributed by atoms with Crippen molar-refractivity contribution in [1.29, 1.82) is 0 Å². The van der Waals surface area contributed by atoms with Crippen LogP contribution in [0.2, 0.25) is 0 Å². The van der Waals surface area contributed by atoms with E-state index in [0.717, 1.165) is 12.1 Å². The number of benzene rings is 1. The van der Waals surface area contributed by atoms with Crippen molar-refractivity contribution in [1.82, 2.24) is 0 Å². The lowest BCUT2D eigenvalue weighted by Gasteiger charge is -2.41. The molecule has 7 heteroatoms. The van der Waals surface area contributed by atoms with Crippen LogP contribution in [0.1, 0.15) is 19.3 Å². The van der Waals surface area contributed by atoms with Gasteiger partial charge in [0.1, 0.15) is 17.2 Å². The number of aliphatic hydroxyl groups is 1. The molecule has 104 valence electrons. The van der Waals surface area contributed by atoms with Gasteiger partial charge in [-0.1, -0.05) is 0 Å². The highest BCUT2D eigenvalue weighted by molar-refractivity contribution is 5.98. The van der Waals surface area contributed by atoms with Crippen LogP contribution in [0.25, 0.3) is 0 Å². The number of nitrogens with one attached hydrogen (secondary N) is 1. The van der Waals surface area contributed by atoms with E-state index in [2.05, 4.69) is 0 Å². The van der Waals surface area contributed by atoms with Crippen LogP contribution in [-0.4, -0.2) is 27.6 Å². The second-order valence-corrected chi connectivity index (χ2v) is 4.58. The molecule has 0 radical (unpaired) electrons. The largest absolute Gasteiger partial charge is 0.506 e. The number of carbonyl (C=O) groups is 1. The number of amides is 1. The molecule has 0 atom stereocenters. The highest BCUT2D eigenvalue weighted by Crippen LogP contribution is 2.44. The van der Waals surface area contributed by atoms with Crippen LogP contribution in [0.15, 0.2) is 18.2 Å². The summed E-state index contributed by atoms with van der Waals surface area (Å²) in [6.07, 6.45) is 0.0513. The summed E-state index contributed by atoms with van der Waals surface area (Å²) in [5.74, 6) is -7.09. The molecule has 4 nitrogen and oxygen atoms in total. The van der Waals surface area contributed by atoms with Crippen molar-refractivity contribution in [2.45, 2.75) is 30.8 Å². The van der Waals surface area contributed by atoms with Gasteiger partial charge >= 0.3 is 5.92 Å². The summed E-state index contributed by atoms with van der Waals surface area (Å²) in [5, 5.41) is 20.6. The van der Waals surface area contributed by atoms with Gasteiger partial charge in [-0.25, -0.2) is 4.39 Å². The summed E-state index contributed by atoms with van der Waals surface area (Å²) in [5.41, 5.74) is -2.83. The zero-order chi connectivity index (χ0) is 14.3. The fourth-order valence-corrected chi connectivity index (χ4v) is 1.85. The standard InChI is InChI=1S/C12H12F3NO3/c13-7-2-3-9(17)8(6-7)16-10(18)12(14,15)11(19)4-1-5-11/h2-3,6,17,19H,1,4-5H2,(H,16,18). The Morgan fingerprint density at radius 3 is 2.53 bits per heavy atom. The normalized spacial score (nSPS) is 17.7. The van der Waals surface area contributed by atoms with E-state index < -0.39 is 34.7 Å². The predicted molar refractivity (Wildman–Crippen MR) is 60.4 cm³/mol. The van der Waals surface area contributed by atoms with Crippen LogP contribution in [0.5, 0.6) is 5.75 Å². The number of hydrogen-bond donors (Lipinski definition) is 3. The van der Waals surface area contributed by atoms with Crippen molar-refractivity contribution in [3.63, 3.8) is 0 Å². The number of phenolic OH excluding ortho intramolecular Hbond substituents is 1. The molecule has 1 aliphatic carbocycles. The van der Waals surface area contributed by atoms with Gasteiger partial charge in [-0.2, -0.15) is 8.78 Å². The van der Waals surface area contributed by atoms with Crippen molar-refractivity contribution in [3.05, 3.63) is 24.0 Å². The molecule has 1 aromatic carbocycles. The van der Waals surface area contributed by atoms with E-state index in [-0.39, 0.29) is 12.8 Å². The fourth-order valence-electron chi connectivity index (χ4n) is 1.85. The summed E-state index contributed by atoms with van der Waals surface area (Å²) in [6, 6.07) is 2.57. The molecule has 2 rings (SSSR count).